The number of hydrogen-bond acceptors (Lipinski definition) is 14. The summed E-state index contributed by atoms with van der Waals surface area (Å²) in [7, 11) is -19.7. The van der Waals surface area contributed by atoms with Crippen LogP contribution in [0.2, 0.25) is 0 Å². The van der Waals surface area contributed by atoms with Crippen molar-refractivity contribution in [3.8, 4) is 5.75 Å². The van der Waals surface area contributed by atoms with Gasteiger partial charge in [0, 0.05) is 27.2 Å². The van der Waals surface area contributed by atoms with Gasteiger partial charge in [-0.2, -0.15) is 33.7 Å². The lowest BCUT2D eigenvalue weighted by Crippen LogP contribution is -2.02. The van der Waals surface area contributed by atoms with E-state index in [-0.39, 0.29) is 44.0 Å². The van der Waals surface area contributed by atoms with E-state index in [0.29, 0.717) is 5.39 Å². The molecule has 0 unspecified atom stereocenters. The molecule has 0 heterocycles. The summed E-state index contributed by atoms with van der Waals surface area (Å²) in [4.78, 5) is -2.94. The third-order valence-corrected chi connectivity index (χ3v) is 11.1. The number of nitrogen functional groups attached to an aromatic ring is 1. The first-order chi connectivity index (χ1) is 24.1. The molecule has 7 N–H and O–H groups in total. The van der Waals surface area contributed by atoms with E-state index in [1.807, 2.05) is 0 Å². The van der Waals surface area contributed by atoms with Crippen molar-refractivity contribution in [2.24, 2.45) is 20.5 Å². The molecule has 0 fully saturated rings. The van der Waals surface area contributed by atoms with Crippen LogP contribution in [0.3, 0.4) is 0 Å². The lowest BCUT2D eigenvalue weighted by molar-refractivity contribution is 0.472. The van der Waals surface area contributed by atoms with E-state index in [1.165, 1.54) is 36.4 Å². The molecule has 22 heteroatoms. The van der Waals surface area contributed by atoms with Crippen LogP contribution in [0.15, 0.2) is 125 Å². The summed E-state index contributed by atoms with van der Waals surface area (Å²) in [6.45, 7) is 0. The van der Waals surface area contributed by atoms with Gasteiger partial charge < -0.3 is 10.8 Å². The van der Waals surface area contributed by atoms with Crippen molar-refractivity contribution in [2.45, 2.75) is 19.6 Å². The molecule has 6 aromatic rings. The van der Waals surface area contributed by atoms with Gasteiger partial charge in [0.25, 0.3) is 40.5 Å². The molecule has 52 heavy (non-hydrogen) atoms. The maximum absolute atomic E-state index is 12.4. The summed E-state index contributed by atoms with van der Waals surface area (Å²) in [5, 5.41) is 26.9. The quantitative estimate of drug-likeness (QED) is 0.0564. The summed E-state index contributed by atoms with van der Waals surface area (Å²) in [5.41, 5.74) is 4.11. The number of phenolic OH excluding ortho intramolecular Hbond substituents is 1. The zero-order valence-electron chi connectivity index (χ0n) is 25.6. The molecule has 0 amide bonds. The molecule has 0 bridgehead atoms. The Kier molecular flexibility index (Phi) is 8.83. The predicted octanol–water partition coefficient (Wildman–Crippen LogP) is 6.25. The van der Waals surface area contributed by atoms with Crippen LogP contribution >= 0.6 is 0 Å². The molecule has 0 aliphatic rings. The second kappa shape index (κ2) is 12.6. The van der Waals surface area contributed by atoms with Gasteiger partial charge in [-0.05, 0) is 59.3 Å². The van der Waals surface area contributed by atoms with Crippen molar-refractivity contribution in [1.29, 1.82) is 0 Å². The van der Waals surface area contributed by atoms with E-state index in [0.717, 1.165) is 30.3 Å². The number of azo groups is 2. The highest BCUT2D eigenvalue weighted by atomic mass is 32.2. The zero-order valence-corrected chi connectivity index (χ0v) is 28.9. The lowest BCUT2D eigenvalue weighted by atomic mass is 10.1. The van der Waals surface area contributed by atoms with Crippen LogP contribution in [-0.4, -0.2) is 57.0 Å². The summed E-state index contributed by atoms with van der Waals surface area (Å²) in [6.07, 6.45) is 0. The largest absolute Gasteiger partial charge is 0.505 e. The summed E-state index contributed by atoms with van der Waals surface area (Å²) in [5.74, 6) is -0.957. The van der Waals surface area contributed by atoms with Crippen LogP contribution in [0.1, 0.15) is 0 Å². The maximum atomic E-state index is 12.4. The van der Waals surface area contributed by atoms with Crippen molar-refractivity contribution >= 4 is 101 Å². The van der Waals surface area contributed by atoms with Gasteiger partial charge in [0.05, 0.1) is 21.2 Å². The fraction of sp³-hybridized carbons (Fsp3) is 0. The highest BCUT2D eigenvalue weighted by molar-refractivity contribution is 7.86. The number of nitrogens with two attached hydrogens (primary N) is 1. The molecule has 18 nitrogen and oxygen atoms in total. The van der Waals surface area contributed by atoms with Gasteiger partial charge in [-0.15, -0.1) is 20.5 Å². The second-order valence-electron chi connectivity index (χ2n) is 10.9. The zero-order chi connectivity index (χ0) is 38.0. The Bertz CT molecular complexity index is 3040. The number of aromatic hydroxyl groups is 1. The summed E-state index contributed by atoms with van der Waals surface area (Å²) >= 11 is 0. The second-order valence-corrected chi connectivity index (χ2v) is 16.5. The molecular weight excluding hydrogens is 767 g/mol. The number of rotatable bonds is 8. The topological polar surface area (TPSA) is 313 Å². The van der Waals surface area contributed by atoms with Gasteiger partial charge in [-0.25, -0.2) is 0 Å². The minimum Gasteiger partial charge on any atom is -0.505 e. The maximum Gasteiger partial charge on any atom is 0.297 e. The molecule has 0 spiro atoms. The molecular formula is C30H21N5O13S4. The molecule has 0 aliphatic heterocycles. The van der Waals surface area contributed by atoms with Gasteiger partial charge in [-0.1, -0.05) is 36.4 Å². The van der Waals surface area contributed by atoms with Gasteiger partial charge in [0.1, 0.15) is 21.2 Å². The molecule has 0 saturated carbocycles. The van der Waals surface area contributed by atoms with Gasteiger partial charge >= 0.3 is 0 Å². The van der Waals surface area contributed by atoms with Crippen LogP contribution in [0.5, 0.6) is 5.75 Å². The average Bonchev–Trinajstić information content (AvgIpc) is 3.04. The van der Waals surface area contributed by atoms with Crippen molar-refractivity contribution in [3.63, 3.8) is 0 Å². The fourth-order valence-corrected chi connectivity index (χ4v) is 7.91. The SMILES string of the molecule is Nc1cc(S(=O)(=O)O)cc2cc(S(=O)(=O)O)c(N=Nc3ccc(N=Nc4ccc5ccccc5c4S(=O)(=O)O)c4cc(S(=O)(=O)O)ccc34)c(O)c12. The first kappa shape index (κ1) is 36.3. The summed E-state index contributed by atoms with van der Waals surface area (Å²) < 4.78 is 136. The number of hydrogen-bond donors (Lipinski definition) is 6. The highest BCUT2D eigenvalue weighted by Gasteiger charge is 2.25. The van der Waals surface area contributed by atoms with Gasteiger partial charge in [-0.3, -0.25) is 18.2 Å². The van der Waals surface area contributed by atoms with E-state index in [9.17, 15) is 57.0 Å². The van der Waals surface area contributed by atoms with E-state index in [1.54, 1.807) is 18.2 Å². The van der Waals surface area contributed by atoms with Gasteiger partial charge in [0.2, 0.25) is 0 Å². The Balaban J connectivity index is 1.55. The molecule has 0 aliphatic carbocycles. The first-order valence-corrected chi connectivity index (χ1v) is 19.8. The third kappa shape index (κ3) is 6.91. The molecule has 6 aromatic carbocycles. The van der Waals surface area contributed by atoms with Crippen LogP contribution in [0, 0.1) is 0 Å². The van der Waals surface area contributed by atoms with Gasteiger partial charge in [0.15, 0.2) is 5.75 Å². The predicted molar refractivity (Wildman–Crippen MR) is 186 cm³/mol. The summed E-state index contributed by atoms with van der Waals surface area (Å²) in [6, 6.07) is 17.0. The minimum atomic E-state index is -5.19. The standard InChI is InChI=1S/C30H21N5O13S4/c31-22-14-18(50(40,41)42)11-16-12-26(51(43,44)45)28(29(36)27(16)22)35-33-23-9-10-24(21-13-17(49(37,38)39)6-7-20(21)23)32-34-25-8-5-15-3-1-2-4-19(15)30(25)52(46,47)48/h1-14,36H,31H2,(H,37,38,39)(H,40,41,42)(H,43,44,45)(H,46,47,48). The fourth-order valence-electron chi connectivity index (χ4n) is 5.36. The van der Waals surface area contributed by atoms with E-state index in [4.69, 9.17) is 5.73 Å². The van der Waals surface area contributed by atoms with E-state index in [2.05, 4.69) is 20.5 Å². The van der Waals surface area contributed by atoms with Crippen molar-refractivity contribution in [1.82, 2.24) is 0 Å². The first-order valence-electron chi connectivity index (χ1n) is 14.1. The Hall–Kier alpha value is -5.46. The monoisotopic (exact) mass is 787 g/mol. The molecule has 0 aromatic heterocycles. The molecule has 268 valence electrons. The molecule has 0 atom stereocenters. The van der Waals surface area contributed by atoms with Crippen LogP contribution in [0.4, 0.5) is 28.4 Å². The Morgan fingerprint density at radius 1 is 0.500 bits per heavy atom. The molecule has 6 rings (SSSR count). The molecule has 0 radical (unpaired) electrons. The third-order valence-electron chi connectivity index (χ3n) is 7.61. The van der Waals surface area contributed by atoms with Crippen molar-refractivity contribution in [3.05, 3.63) is 84.9 Å². The number of nitrogens with zero attached hydrogens (tertiary/aromatic N) is 4. The van der Waals surface area contributed by atoms with Crippen LogP contribution in [-0.2, 0) is 40.5 Å². The Morgan fingerprint density at radius 3 is 1.73 bits per heavy atom. The van der Waals surface area contributed by atoms with Crippen molar-refractivity contribution < 1.29 is 57.0 Å². The Morgan fingerprint density at radius 2 is 1.10 bits per heavy atom. The highest BCUT2D eigenvalue weighted by Crippen LogP contribution is 2.45. The van der Waals surface area contributed by atoms with E-state index < -0.39 is 77.2 Å². The van der Waals surface area contributed by atoms with Crippen LogP contribution < -0.4 is 5.73 Å². The minimum absolute atomic E-state index is 0.0482. The lowest BCUT2D eigenvalue weighted by Gasteiger charge is -2.12. The average molecular weight is 788 g/mol. The van der Waals surface area contributed by atoms with E-state index >= 15 is 0 Å². The normalized spacial score (nSPS) is 13.2. The number of anilines is 1. The smallest absolute Gasteiger partial charge is 0.297 e. The number of phenols is 1. The number of fused-ring (bicyclic) bond motifs is 3. The molecule has 0 saturated heterocycles. The van der Waals surface area contributed by atoms with Crippen molar-refractivity contribution in [2.75, 3.05) is 5.73 Å². The Labute approximate surface area is 293 Å². The van der Waals surface area contributed by atoms with Crippen LogP contribution in [0.25, 0.3) is 32.3 Å². The number of benzene rings is 6.